The van der Waals surface area contributed by atoms with E-state index in [0.29, 0.717) is 35.8 Å². The Morgan fingerprint density at radius 2 is 1.67 bits per heavy atom. The highest BCUT2D eigenvalue weighted by Crippen LogP contribution is 2.30. The molecule has 0 aliphatic heterocycles. The minimum Gasteiger partial charge on any atom is -0.490 e. The first-order valence-electron chi connectivity index (χ1n) is 6.86. The monoisotopic (exact) mass is 348 g/mol. The van der Waals surface area contributed by atoms with Crippen molar-refractivity contribution < 1.29 is 14.3 Å². The van der Waals surface area contributed by atoms with Crippen molar-refractivity contribution in [2.45, 2.75) is 13.8 Å². The van der Waals surface area contributed by atoms with E-state index < -0.39 is 0 Å². The van der Waals surface area contributed by atoms with Gasteiger partial charge in [0.2, 0.25) is 0 Å². The molecule has 0 unspecified atom stereocenters. The van der Waals surface area contributed by atoms with Gasteiger partial charge in [-0.2, -0.15) is 0 Å². The summed E-state index contributed by atoms with van der Waals surface area (Å²) in [4.78, 5) is 12.6. The van der Waals surface area contributed by atoms with Gasteiger partial charge in [-0.1, -0.05) is 28.1 Å². The van der Waals surface area contributed by atoms with Gasteiger partial charge in [-0.25, -0.2) is 0 Å². The van der Waals surface area contributed by atoms with Gasteiger partial charge in [0.1, 0.15) is 0 Å². The van der Waals surface area contributed by atoms with E-state index in [1.165, 1.54) is 0 Å². The Balaban J connectivity index is 2.38. The van der Waals surface area contributed by atoms with Gasteiger partial charge in [0.25, 0.3) is 0 Å². The van der Waals surface area contributed by atoms with E-state index in [9.17, 15) is 4.79 Å². The molecule has 0 aliphatic rings. The lowest BCUT2D eigenvalue weighted by Gasteiger charge is -2.12. The largest absolute Gasteiger partial charge is 0.490 e. The number of hydrogen-bond donors (Lipinski definition) is 0. The van der Waals surface area contributed by atoms with Crippen molar-refractivity contribution in [3.8, 4) is 11.5 Å². The Morgan fingerprint density at radius 3 is 2.33 bits per heavy atom. The molecule has 2 rings (SSSR count). The number of benzene rings is 2. The molecular formula is C17H17BrO3. The molecule has 2 aromatic rings. The standard InChI is InChI=1S/C17H17BrO3/c1-3-20-15-10-9-12(11-16(15)21-4-2)17(19)13-7-5-6-8-14(13)18/h5-11H,3-4H2,1-2H3. The third kappa shape index (κ3) is 3.64. The number of carbonyl (C=O) groups excluding carboxylic acids is 1. The van der Waals surface area contributed by atoms with E-state index in [-0.39, 0.29) is 5.78 Å². The number of rotatable bonds is 6. The molecule has 4 heteroatoms. The van der Waals surface area contributed by atoms with Gasteiger partial charge in [0.15, 0.2) is 17.3 Å². The van der Waals surface area contributed by atoms with E-state index in [0.717, 1.165) is 4.47 Å². The van der Waals surface area contributed by atoms with Crippen molar-refractivity contribution in [3.63, 3.8) is 0 Å². The van der Waals surface area contributed by atoms with E-state index >= 15 is 0 Å². The lowest BCUT2D eigenvalue weighted by Crippen LogP contribution is -2.04. The first-order chi connectivity index (χ1) is 10.2. The predicted molar refractivity (Wildman–Crippen MR) is 86.4 cm³/mol. The van der Waals surface area contributed by atoms with Crippen LogP contribution >= 0.6 is 15.9 Å². The van der Waals surface area contributed by atoms with Crippen LogP contribution in [0, 0.1) is 0 Å². The van der Waals surface area contributed by atoms with Crippen LogP contribution in [-0.2, 0) is 0 Å². The Bertz CT molecular complexity index is 638. The first-order valence-corrected chi connectivity index (χ1v) is 7.65. The van der Waals surface area contributed by atoms with Crippen LogP contribution in [0.5, 0.6) is 11.5 Å². The van der Waals surface area contributed by atoms with E-state index in [1.807, 2.05) is 32.0 Å². The Kier molecular flexibility index (Phi) is 5.39. The molecule has 0 fully saturated rings. The quantitative estimate of drug-likeness (QED) is 0.722. The van der Waals surface area contributed by atoms with Crippen molar-refractivity contribution in [1.29, 1.82) is 0 Å². The summed E-state index contributed by atoms with van der Waals surface area (Å²) >= 11 is 3.41. The second-order valence-electron chi connectivity index (χ2n) is 4.34. The summed E-state index contributed by atoms with van der Waals surface area (Å²) in [6.07, 6.45) is 0. The zero-order valence-electron chi connectivity index (χ0n) is 12.1. The van der Waals surface area contributed by atoms with Crippen molar-refractivity contribution in [3.05, 3.63) is 58.1 Å². The molecule has 0 heterocycles. The molecule has 0 bridgehead atoms. The smallest absolute Gasteiger partial charge is 0.194 e. The zero-order chi connectivity index (χ0) is 15.2. The van der Waals surface area contributed by atoms with Gasteiger partial charge in [-0.15, -0.1) is 0 Å². The molecule has 0 N–H and O–H groups in total. The SMILES string of the molecule is CCOc1ccc(C(=O)c2ccccc2Br)cc1OCC. The van der Waals surface area contributed by atoms with E-state index in [2.05, 4.69) is 15.9 Å². The Labute approximate surface area is 133 Å². The summed E-state index contributed by atoms with van der Waals surface area (Å²) < 4.78 is 11.8. The maximum atomic E-state index is 12.6. The van der Waals surface area contributed by atoms with Gasteiger partial charge < -0.3 is 9.47 Å². The lowest BCUT2D eigenvalue weighted by atomic mass is 10.0. The summed E-state index contributed by atoms with van der Waals surface area (Å²) in [5, 5.41) is 0. The second kappa shape index (κ2) is 7.27. The van der Waals surface area contributed by atoms with Gasteiger partial charge >= 0.3 is 0 Å². The number of halogens is 1. The number of ketones is 1. The number of hydrogen-bond acceptors (Lipinski definition) is 3. The van der Waals surface area contributed by atoms with Crippen LogP contribution in [0.15, 0.2) is 46.9 Å². The zero-order valence-corrected chi connectivity index (χ0v) is 13.6. The highest BCUT2D eigenvalue weighted by atomic mass is 79.9. The fourth-order valence-corrected chi connectivity index (χ4v) is 2.46. The van der Waals surface area contributed by atoms with E-state index in [1.54, 1.807) is 24.3 Å². The van der Waals surface area contributed by atoms with Crippen molar-refractivity contribution in [2.75, 3.05) is 13.2 Å². The summed E-state index contributed by atoms with van der Waals surface area (Å²) in [5.41, 5.74) is 1.21. The van der Waals surface area contributed by atoms with Crippen LogP contribution < -0.4 is 9.47 Å². The molecule has 0 aliphatic carbocycles. The molecule has 0 saturated carbocycles. The maximum Gasteiger partial charge on any atom is 0.194 e. The van der Waals surface area contributed by atoms with E-state index in [4.69, 9.17) is 9.47 Å². The number of carbonyl (C=O) groups is 1. The average Bonchev–Trinajstić information content (AvgIpc) is 2.49. The van der Waals surface area contributed by atoms with Crippen molar-refractivity contribution in [1.82, 2.24) is 0 Å². The fourth-order valence-electron chi connectivity index (χ4n) is 1.99. The molecule has 0 spiro atoms. The van der Waals surface area contributed by atoms with Gasteiger partial charge in [-0.3, -0.25) is 4.79 Å². The second-order valence-corrected chi connectivity index (χ2v) is 5.19. The van der Waals surface area contributed by atoms with Crippen LogP contribution in [0.1, 0.15) is 29.8 Å². The van der Waals surface area contributed by atoms with Crippen molar-refractivity contribution >= 4 is 21.7 Å². The molecule has 3 nitrogen and oxygen atoms in total. The minimum atomic E-state index is -0.0496. The maximum absolute atomic E-state index is 12.6. The Morgan fingerprint density at radius 1 is 1.00 bits per heavy atom. The average molecular weight is 349 g/mol. The lowest BCUT2D eigenvalue weighted by molar-refractivity contribution is 0.103. The molecule has 110 valence electrons. The van der Waals surface area contributed by atoms with Gasteiger partial charge in [0, 0.05) is 15.6 Å². The highest BCUT2D eigenvalue weighted by molar-refractivity contribution is 9.10. The minimum absolute atomic E-state index is 0.0496. The molecule has 0 aromatic heterocycles. The molecule has 0 atom stereocenters. The molecule has 2 aromatic carbocycles. The van der Waals surface area contributed by atoms with Crippen LogP contribution in [0.25, 0.3) is 0 Å². The predicted octanol–water partition coefficient (Wildman–Crippen LogP) is 4.48. The van der Waals surface area contributed by atoms with Crippen LogP contribution in [-0.4, -0.2) is 19.0 Å². The third-order valence-corrected chi connectivity index (χ3v) is 3.62. The summed E-state index contributed by atoms with van der Waals surface area (Å²) in [7, 11) is 0. The molecule has 0 saturated heterocycles. The van der Waals surface area contributed by atoms with Crippen molar-refractivity contribution in [2.24, 2.45) is 0 Å². The third-order valence-electron chi connectivity index (χ3n) is 2.92. The molecular weight excluding hydrogens is 332 g/mol. The Hall–Kier alpha value is -1.81. The molecule has 21 heavy (non-hydrogen) atoms. The topological polar surface area (TPSA) is 35.5 Å². The molecule has 0 amide bonds. The van der Waals surface area contributed by atoms with Crippen LogP contribution in [0.3, 0.4) is 0 Å². The first kappa shape index (κ1) is 15.6. The summed E-state index contributed by atoms with van der Waals surface area (Å²) in [6.45, 7) is 4.89. The number of ether oxygens (including phenoxy) is 2. The summed E-state index contributed by atoms with van der Waals surface area (Å²) in [6, 6.07) is 12.6. The van der Waals surface area contributed by atoms with Crippen LogP contribution in [0.4, 0.5) is 0 Å². The summed E-state index contributed by atoms with van der Waals surface area (Å²) in [5.74, 6) is 1.20. The van der Waals surface area contributed by atoms with Gasteiger partial charge in [0.05, 0.1) is 13.2 Å². The fraction of sp³-hybridized carbons (Fsp3) is 0.235. The van der Waals surface area contributed by atoms with Crippen LogP contribution in [0.2, 0.25) is 0 Å². The normalized spacial score (nSPS) is 10.2. The molecule has 0 radical (unpaired) electrons. The highest BCUT2D eigenvalue weighted by Gasteiger charge is 2.15. The van der Waals surface area contributed by atoms with Gasteiger partial charge in [-0.05, 0) is 44.2 Å².